The number of likely N-dealkylation sites (tertiary alicyclic amines) is 1. The topological polar surface area (TPSA) is 78.4 Å². The van der Waals surface area contributed by atoms with Crippen LogP contribution in [0.15, 0.2) is 40.3 Å². The minimum atomic E-state index is -0.549. The largest absolute Gasteiger partial charge is 0.390 e. The third kappa shape index (κ3) is 5.01. The highest BCUT2D eigenvalue weighted by molar-refractivity contribution is 8.00. The number of carbonyl (C=O) groups is 1. The molecule has 2 N–H and O–H groups in total. The van der Waals surface area contributed by atoms with E-state index in [9.17, 15) is 9.90 Å². The van der Waals surface area contributed by atoms with Gasteiger partial charge in [-0.1, -0.05) is 0 Å². The Balaban J connectivity index is 1.42. The van der Waals surface area contributed by atoms with Crippen molar-refractivity contribution in [1.29, 1.82) is 0 Å². The summed E-state index contributed by atoms with van der Waals surface area (Å²) in [6, 6.07) is 3.58. The van der Waals surface area contributed by atoms with E-state index in [1.54, 1.807) is 23.7 Å². The van der Waals surface area contributed by atoms with Crippen LogP contribution in [0.25, 0.3) is 0 Å². The number of pyridine rings is 1. The van der Waals surface area contributed by atoms with Gasteiger partial charge in [-0.15, -0.1) is 23.1 Å². The van der Waals surface area contributed by atoms with Crippen LogP contribution in [0.3, 0.4) is 0 Å². The van der Waals surface area contributed by atoms with Gasteiger partial charge >= 0.3 is 0 Å². The molecule has 0 unspecified atom stereocenters. The van der Waals surface area contributed by atoms with Gasteiger partial charge in [-0.25, -0.2) is 4.98 Å². The average molecular weight is 364 g/mol. The zero-order chi connectivity index (χ0) is 16.8. The van der Waals surface area contributed by atoms with Crippen molar-refractivity contribution in [2.45, 2.75) is 30.0 Å². The molecule has 2 atom stereocenters. The van der Waals surface area contributed by atoms with Crippen LogP contribution in [0.2, 0.25) is 0 Å². The van der Waals surface area contributed by atoms with Gasteiger partial charge in [-0.05, 0) is 18.6 Å². The summed E-state index contributed by atoms with van der Waals surface area (Å²) in [4.78, 5) is 23.5. The molecule has 2 aromatic heterocycles. The quantitative estimate of drug-likeness (QED) is 0.754. The molecular formula is C16H20N4O2S2. The molecule has 128 valence electrons. The second-order valence-electron chi connectivity index (χ2n) is 5.72. The molecule has 1 fully saturated rings. The third-order valence-electron chi connectivity index (χ3n) is 3.90. The first-order valence-electron chi connectivity index (χ1n) is 7.80. The minimum Gasteiger partial charge on any atom is -0.390 e. The summed E-state index contributed by atoms with van der Waals surface area (Å²) in [5.41, 5.74) is 2.85. The standard InChI is InChI=1S/C16H20N4O2S2/c21-15-8-20(7-12-9-23-11-18-12)6-3-14(15)19-16(22)10-24-13-1-4-17-5-2-13/h1-2,4-5,9,11,14-15,21H,3,6-8,10H2,(H,19,22)/t14-,15-/m1/s1. The van der Waals surface area contributed by atoms with E-state index in [2.05, 4.69) is 20.2 Å². The Morgan fingerprint density at radius 2 is 2.29 bits per heavy atom. The molecule has 0 aromatic carbocycles. The fraction of sp³-hybridized carbons (Fsp3) is 0.438. The Morgan fingerprint density at radius 1 is 1.46 bits per heavy atom. The Morgan fingerprint density at radius 3 is 3.00 bits per heavy atom. The minimum absolute atomic E-state index is 0.0474. The van der Waals surface area contributed by atoms with E-state index in [4.69, 9.17) is 0 Å². The van der Waals surface area contributed by atoms with Crippen molar-refractivity contribution in [1.82, 2.24) is 20.2 Å². The van der Waals surface area contributed by atoms with Crippen LogP contribution in [-0.4, -0.2) is 56.9 Å². The molecule has 3 heterocycles. The van der Waals surface area contributed by atoms with Crippen LogP contribution < -0.4 is 5.32 Å². The molecule has 8 heteroatoms. The van der Waals surface area contributed by atoms with Gasteiger partial charge in [0.25, 0.3) is 0 Å². The number of rotatable bonds is 6. The molecule has 0 radical (unpaired) electrons. The van der Waals surface area contributed by atoms with Crippen LogP contribution in [0.4, 0.5) is 0 Å². The molecule has 24 heavy (non-hydrogen) atoms. The first-order chi connectivity index (χ1) is 11.7. The van der Waals surface area contributed by atoms with Gasteiger partial charge in [-0.2, -0.15) is 0 Å². The maximum Gasteiger partial charge on any atom is 0.230 e. The van der Waals surface area contributed by atoms with Gasteiger partial charge in [0.05, 0.1) is 29.1 Å². The van der Waals surface area contributed by atoms with E-state index in [-0.39, 0.29) is 11.9 Å². The number of thioether (sulfide) groups is 1. The number of aliphatic hydroxyl groups excluding tert-OH is 1. The second-order valence-corrected chi connectivity index (χ2v) is 7.48. The smallest absolute Gasteiger partial charge is 0.230 e. The highest BCUT2D eigenvalue weighted by atomic mass is 32.2. The SMILES string of the molecule is O=C(CSc1ccncc1)N[C@@H]1CCN(Cc2cscn2)C[C@H]1O. The first-order valence-corrected chi connectivity index (χ1v) is 9.73. The molecule has 6 nitrogen and oxygen atoms in total. The van der Waals surface area contributed by atoms with Crippen molar-refractivity contribution in [3.8, 4) is 0 Å². The fourth-order valence-electron chi connectivity index (χ4n) is 2.69. The lowest BCUT2D eigenvalue weighted by Crippen LogP contribution is -2.54. The summed E-state index contributed by atoms with van der Waals surface area (Å²) in [6.07, 6.45) is 3.62. The molecule has 0 spiro atoms. The maximum atomic E-state index is 12.1. The van der Waals surface area contributed by atoms with Gasteiger partial charge < -0.3 is 10.4 Å². The predicted molar refractivity (Wildman–Crippen MR) is 94.9 cm³/mol. The summed E-state index contributed by atoms with van der Waals surface area (Å²) in [5.74, 6) is 0.296. The molecule has 0 aliphatic carbocycles. The van der Waals surface area contributed by atoms with E-state index >= 15 is 0 Å². The number of aromatic nitrogens is 2. The van der Waals surface area contributed by atoms with Crippen molar-refractivity contribution >= 4 is 29.0 Å². The van der Waals surface area contributed by atoms with Gasteiger partial charge in [-0.3, -0.25) is 14.7 Å². The van der Waals surface area contributed by atoms with E-state index in [1.165, 1.54) is 11.8 Å². The number of piperidine rings is 1. The lowest BCUT2D eigenvalue weighted by molar-refractivity contribution is -0.120. The Labute approximate surface area is 149 Å². The van der Waals surface area contributed by atoms with Crippen molar-refractivity contribution in [3.63, 3.8) is 0 Å². The fourth-order valence-corrected chi connectivity index (χ4v) is 3.93. The summed E-state index contributed by atoms with van der Waals surface area (Å²) in [5, 5.41) is 15.3. The molecule has 0 bridgehead atoms. The second kappa shape index (κ2) is 8.57. The van der Waals surface area contributed by atoms with E-state index in [1.807, 2.05) is 23.0 Å². The number of hydrogen-bond donors (Lipinski definition) is 2. The van der Waals surface area contributed by atoms with Crippen molar-refractivity contribution < 1.29 is 9.90 Å². The molecule has 3 rings (SSSR count). The highest BCUT2D eigenvalue weighted by Gasteiger charge is 2.28. The van der Waals surface area contributed by atoms with Crippen LogP contribution in [-0.2, 0) is 11.3 Å². The average Bonchev–Trinajstić information content (AvgIpc) is 3.09. The number of β-amino-alcohol motifs (C(OH)–C–C–N with tert-alkyl or cyclic N) is 1. The van der Waals surface area contributed by atoms with Gasteiger partial charge in [0, 0.05) is 42.3 Å². The van der Waals surface area contributed by atoms with Crippen LogP contribution in [0, 0.1) is 0 Å². The number of hydrogen-bond acceptors (Lipinski definition) is 7. The zero-order valence-electron chi connectivity index (χ0n) is 13.2. The number of aliphatic hydroxyl groups is 1. The molecule has 1 aliphatic heterocycles. The molecule has 1 amide bonds. The number of carbonyl (C=O) groups excluding carboxylic acids is 1. The van der Waals surface area contributed by atoms with Crippen LogP contribution in [0.1, 0.15) is 12.1 Å². The van der Waals surface area contributed by atoms with E-state index in [0.717, 1.165) is 30.1 Å². The Hall–Kier alpha value is -1.48. The number of thiazole rings is 1. The Kier molecular flexibility index (Phi) is 6.19. The van der Waals surface area contributed by atoms with Crippen LogP contribution >= 0.6 is 23.1 Å². The molecule has 1 aliphatic rings. The normalized spacial score (nSPS) is 21.5. The summed E-state index contributed by atoms with van der Waals surface area (Å²) in [6.45, 7) is 2.15. The zero-order valence-corrected chi connectivity index (χ0v) is 14.8. The predicted octanol–water partition coefficient (Wildman–Crippen LogP) is 1.38. The summed E-state index contributed by atoms with van der Waals surface area (Å²) in [7, 11) is 0. The van der Waals surface area contributed by atoms with Crippen molar-refractivity contribution in [3.05, 3.63) is 41.1 Å². The third-order valence-corrected chi connectivity index (χ3v) is 5.55. The summed E-state index contributed by atoms with van der Waals surface area (Å²) < 4.78 is 0. The molecule has 1 saturated heterocycles. The maximum absolute atomic E-state index is 12.1. The van der Waals surface area contributed by atoms with E-state index < -0.39 is 6.10 Å². The van der Waals surface area contributed by atoms with Gasteiger partial charge in [0.2, 0.25) is 5.91 Å². The van der Waals surface area contributed by atoms with Crippen molar-refractivity contribution in [2.24, 2.45) is 0 Å². The molecule has 0 saturated carbocycles. The van der Waals surface area contributed by atoms with E-state index in [0.29, 0.717) is 12.3 Å². The lowest BCUT2D eigenvalue weighted by atomic mass is 10.0. The highest BCUT2D eigenvalue weighted by Crippen LogP contribution is 2.17. The first kappa shape index (κ1) is 17.3. The molecule has 2 aromatic rings. The lowest BCUT2D eigenvalue weighted by Gasteiger charge is -2.35. The van der Waals surface area contributed by atoms with Gasteiger partial charge in [0.15, 0.2) is 0 Å². The Bertz CT molecular complexity index is 639. The van der Waals surface area contributed by atoms with Crippen LogP contribution in [0.5, 0.6) is 0 Å². The monoisotopic (exact) mass is 364 g/mol. The van der Waals surface area contributed by atoms with Gasteiger partial charge in [0.1, 0.15) is 0 Å². The number of nitrogens with zero attached hydrogens (tertiary/aromatic N) is 3. The number of nitrogens with one attached hydrogen (secondary N) is 1. The molecular weight excluding hydrogens is 344 g/mol. The van der Waals surface area contributed by atoms with Crippen molar-refractivity contribution in [2.75, 3.05) is 18.8 Å². The number of amides is 1. The summed E-state index contributed by atoms with van der Waals surface area (Å²) >= 11 is 3.05.